The Morgan fingerprint density at radius 3 is 2.86 bits per heavy atom. The third-order valence-corrected chi connectivity index (χ3v) is 5.16. The largest absolute Gasteiger partial charge is 0.368 e. The molecule has 5 heteroatoms. The van der Waals surface area contributed by atoms with Crippen molar-refractivity contribution in [2.75, 3.05) is 19.7 Å². The summed E-state index contributed by atoms with van der Waals surface area (Å²) in [4.78, 5) is 19.3. The first-order valence-corrected chi connectivity index (χ1v) is 8.31. The molecule has 22 heavy (non-hydrogen) atoms. The van der Waals surface area contributed by atoms with Crippen molar-refractivity contribution in [1.82, 2.24) is 9.88 Å². The Bertz CT molecular complexity index is 654. The molecule has 1 atom stereocenters. The summed E-state index contributed by atoms with van der Waals surface area (Å²) in [5.41, 5.74) is 2.12. The van der Waals surface area contributed by atoms with Crippen LogP contribution >= 0.6 is 11.3 Å². The zero-order valence-electron chi connectivity index (χ0n) is 12.9. The van der Waals surface area contributed by atoms with Gasteiger partial charge in [0.15, 0.2) is 5.78 Å². The first-order chi connectivity index (χ1) is 10.6. The Hall–Kier alpha value is -1.56. The third kappa shape index (κ3) is 3.43. The van der Waals surface area contributed by atoms with Crippen molar-refractivity contribution in [3.05, 3.63) is 51.5 Å². The second-order valence-corrected chi connectivity index (χ2v) is 6.63. The fraction of sp³-hybridized carbons (Fsp3) is 0.412. The van der Waals surface area contributed by atoms with E-state index in [0.29, 0.717) is 6.61 Å². The van der Waals surface area contributed by atoms with E-state index in [-0.39, 0.29) is 11.9 Å². The summed E-state index contributed by atoms with van der Waals surface area (Å²) in [6, 6.07) is 10.5. The van der Waals surface area contributed by atoms with Crippen LogP contribution in [0.5, 0.6) is 0 Å². The number of Topliss-reactive ketones (excluding diaryl/α,β-unsaturated/α-hetero) is 1. The topological polar surface area (TPSA) is 42.4 Å². The van der Waals surface area contributed by atoms with Crippen LogP contribution in [0.1, 0.15) is 39.0 Å². The number of hydrogen-bond donors (Lipinski definition) is 0. The predicted molar refractivity (Wildman–Crippen MR) is 87.3 cm³/mol. The van der Waals surface area contributed by atoms with Gasteiger partial charge in [0.2, 0.25) is 0 Å². The predicted octanol–water partition coefficient (Wildman–Crippen LogP) is 3.23. The third-order valence-electron chi connectivity index (χ3n) is 3.81. The van der Waals surface area contributed by atoms with Crippen LogP contribution in [0.3, 0.4) is 0 Å². The van der Waals surface area contributed by atoms with Gasteiger partial charge in [0.1, 0.15) is 11.1 Å². The molecule has 0 spiro atoms. The highest BCUT2D eigenvalue weighted by atomic mass is 32.1. The van der Waals surface area contributed by atoms with Gasteiger partial charge < -0.3 is 4.74 Å². The molecule has 1 aliphatic heterocycles. The number of morpholine rings is 1. The Kier molecular flexibility index (Phi) is 4.66. The highest BCUT2D eigenvalue weighted by Gasteiger charge is 2.26. The normalized spacial score (nSPS) is 19.3. The monoisotopic (exact) mass is 316 g/mol. The van der Waals surface area contributed by atoms with Crippen LogP contribution in [-0.4, -0.2) is 35.4 Å². The summed E-state index contributed by atoms with van der Waals surface area (Å²) in [6.07, 6.45) is -0.0331. The molecular formula is C17H20N2O2S. The minimum absolute atomic E-state index is 0.0331. The molecule has 0 unspecified atom stereocenters. The molecule has 1 fully saturated rings. The van der Waals surface area contributed by atoms with E-state index in [9.17, 15) is 4.79 Å². The smallest absolute Gasteiger partial charge is 0.171 e. The zero-order chi connectivity index (χ0) is 15.5. The lowest BCUT2D eigenvalue weighted by Gasteiger charge is -2.31. The van der Waals surface area contributed by atoms with Crippen LogP contribution < -0.4 is 0 Å². The van der Waals surface area contributed by atoms with Gasteiger partial charge in [-0.15, -0.1) is 11.3 Å². The molecule has 0 N–H and O–H groups in total. The van der Waals surface area contributed by atoms with Gasteiger partial charge in [0, 0.05) is 26.6 Å². The number of rotatable bonds is 4. The number of ketones is 1. The Balaban J connectivity index is 1.70. The number of aryl methyl sites for hydroxylation is 1. The van der Waals surface area contributed by atoms with Crippen molar-refractivity contribution in [2.24, 2.45) is 0 Å². The molecule has 1 saturated heterocycles. The van der Waals surface area contributed by atoms with E-state index in [1.165, 1.54) is 16.9 Å². The van der Waals surface area contributed by atoms with E-state index in [4.69, 9.17) is 4.74 Å². The number of ether oxygens (including phenoxy) is 1. The summed E-state index contributed by atoms with van der Waals surface area (Å²) in [7, 11) is 0. The van der Waals surface area contributed by atoms with Gasteiger partial charge in [-0.25, -0.2) is 4.98 Å². The lowest BCUT2D eigenvalue weighted by atomic mass is 10.2. The maximum Gasteiger partial charge on any atom is 0.171 e. The molecule has 0 aliphatic carbocycles. The van der Waals surface area contributed by atoms with Crippen LogP contribution in [0.15, 0.2) is 30.3 Å². The Morgan fingerprint density at radius 1 is 1.41 bits per heavy atom. The van der Waals surface area contributed by atoms with Crippen molar-refractivity contribution < 1.29 is 9.53 Å². The molecule has 0 saturated carbocycles. The molecule has 1 aromatic heterocycles. The molecule has 1 aliphatic rings. The van der Waals surface area contributed by atoms with Gasteiger partial charge in [-0.05, 0) is 12.5 Å². The molecule has 116 valence electrons. The summed E-state index contributed by atoms with van der Waals surface area (Å²) in [5.74, 6) is 0.0817. The molecule has 4 nitrogen and oxygen atoms in total. The van der Waals surface area contributed by atoms with E-state index < -0.39 is 0 Å². The van der Waals surface area contributed by atoms with Gasteiger partial charge in [-0.2, -0.15) is 0 Å². The van der Waals surface area contributed by atoms with E-state index >= 15 is 0 Å². The van der Waals surface area contributed by atoms with Crippen LogP contribution in [0.4, 0.5) is 0 Å². The maximum atomic E-state index is 11.6. The van der Waals surface area contributed by atoms with Gasteiger partial charge >= 0.3 is 0 Å². The molecule has 0 radical (unpaired) electrons. The molecule has 3 rings (SSSR count). The van der Waals surface area contributed by atoms with Crippen LogP contribution in [-0.2, 0) is 11.3 Å². The second-order valence-electron chi connectivity index (χ2n) is 5.60. The lowest BCUT2D eigenvalue weighted by Crippen LogP contribution is -2.37. The summed E-state index contributed by atoms with van der Waals surface area (Å²) >= 11 is 1.47. The second kappa shape index (κ2) is 6.69. The number of carbonyl (C=O) groups excluding carboxylic acids is 1. The quantitative estimate of drug-likeness (QED) is 0.812. The molecule has 2 aromatic rings. The minimum Gasteiger partial charge on any atom is -0.368 e. The average Bonchev–Trinajstić information content (AvgIpc) is 2.91. The van der Waals surface area contributed by atoms with Crippen LogP contribution in [0.25, 0.3) is 0 Å². The molecular weight excluding hydrogens is 296 g/mol. The average molecular weight is 316 g/mol. The molecule has 2 heterocycles. The fourth-order valence-electron chi connectivity index (χ4n) is 2.72. The Morgan fingerprint density at radius 2 is 2.18 bits per heavy atom. The van der Waals surface area contributed by atoms with Crippen molar-refractivity contribution in [3.63, 3.8) is 0 Å². The maximum absolute atomic E-state index is 11.6. The lowest BCUT2D eigenvalue weighted by molar-refractivity contribution is -0.0330. The standard InChI is InChI=1S/C17H20N2O2S/c1-12-16(13(2)20)22-17(18-12)15-11-19(8-9-21-15)10-14-6-4-3-5-7-14/h3-7,15H,8-11H2,1-2H3/t15-/m1/s1. The van der Waals surface area contributed by atoms with Crippen molar-refractivity contribution in [2.45, 2.75) is 26.5 Å². The number of benzene rings is 1. The van der Waals surface area contributed by atoms with Crippen LogP contribution in [0.2, 0.25) is 0 Å². The van der Waals surface area contributed by atoms with Gasteiger partial charge in [0.25, 0.3) is 0 Å². The van der Waals surface area contributed by atoms with E-state index in [1.54, 1.807) is 6.92 Å². The first kappa shape index (κ1) is 15.3. The number of thiazole rings is 1. The SMILES string of the molecule is CC(=O)c1sc([C@H]2CN(Cc3ccccc3)CCO2)nc1C. The number of carbonyl (C=O) groups is 1. The van der Waals surface area contributed by atoms with Gasteiger partial charge in [-0.1, -0.05) is 30.3 Å². The molecule has 1 aromatic carbocycles. The fourth-order valence-corrected chi connectivity index (χ4v) is 3.72. The zero-order valence-corrected chi connectivity index (χ0v) is 13.7. The van der Waals surface area contributed by atoms with E-state index in [2.05, 4.69) is 34.1 Å². The van der Waals surface area contributed by atoms with Gasteiger partial charge in [0.05, 0.1) is 17.2 Å². The number of aromatic nitrogens is 1. The van der Waals surface area contributed by atoms with Crippen molar-refractivity contribution in [3.8, 4) is 0 Å². The highest BCUT2D eigenvalue weighted by molar-refractivity contribution is 7.13. The molecule has 0 bridgehead atoms. The summed E-state index contributed by atoms with van der Waals surface area (Å²) in [5, 5.41) is 0.917. The summed E-state index contributed by atoms with van der Waals surface area (Å²) < 4.78 is 5.87. The van der Waals surface area contributed by atoms with Crippen molar-refractivity contribution in [1.29, 1.82) is 0 Å². The Labute approximate surface area is 134 Å². The highest BCUT2D eigenvalue weighted by Crippen LogP contribution is 2.29. The van der Waals surface area contributed by atoms with Crippen LogP contribution in [0, 0.1) is 6.92 Å². The van der Waals surface area contributed by atoms with E-state index in [1.807, 2.05) is 13.0 Å². The number of hydrogen-bond acceptors (Lipinski definition) is 5. The first-order valence-electron chi connectivity index (χ1n) is 7.49. The van der Waals surface area contributed by atoms with E-state index in [0.717, 1.165) is 35.2 Å². The minimum atomic E-state index is -0.0331. The molecule has 0 amide bonds. The number of nitrogens with zero attached hydrogens (tertiary/aromatic N) is 2. The van der Waals surface area contributed by atoms with Gasteiger partial charge in [-0.3, -0.25) is 9.69 Å². The van der Waals surface area contributed by atoms with Crippen molar-refractivity contribution >= 4 is 17.1 Å². The summed E-state index contributed by atoms with van der Waals surface area (Å²) in [6.45, 7) is 6.85.